The van der Waals surface area contributed by atoms with Crippen molar-refractivity contribution in [2.45, 2.75) is 32.4 Å². The van der Waals surface area contributed by atoms with Gasteiger partial charge in [-0.25, -0.2) is 4.39 Å². The van der Waals surface area contributed by atoms with Crippen LogP contribution in [0.4, 0.5) is 15.9 Å². The monoisotopic (exact) mass is 425 g/mol. The smallest absolute Gasteiger partial charge is 0.219 e. The van der Waals surface area contributed by atoms with Crippen LogP contribution in [0.1, 0.15) is 30.6 Å². The van der Waals surface area contributed by atoms with Crippen molar-refractivity contribution in [3.8, 4) is 11.3 Å². The van der Waals surface area contributed by atoms with Gasteiger partial charge in [0.2, 0.25) is 5.91 Å². The topological polar surface area (TPSA) is 90.1 Å². The van der Waals surface area contributed by atoms with E-state index in [4.69, 9.17) is 9.84 Å². The van der Waals surface area contributed by atoms with E-state index < -0.39 is 5.82 Å². The van der Waals surface area contributed by atoms with Gasteiger partial charge in [-0.2, -0.15) is 20.1 Å². The number of nitrogens with zero attached hydrogens (tertiary/aromatic N) is 6. The Morgan fingerprint density at radius 3 is 2.87 bits per heavy atom. The number of carbonyl (C=O) groups is 1. The summed E-state index contributed by atoms with van der Waals surface area (Å²) >= 11 is 0. The van der Waals surface area contributed by atoms with Crippen LogP contribution in [0.3, 0.4) is 0 Å². The lowest BCUT2D eigenvalue weighted by molar-refractivity contribution is -0.129. The highest BCUT2D eigenvalue weighted by molar-refractivity contribution is 5.74. The maximum absolute atomic E-state index is 14.9. The summed E-state index contributed by atoms with van der Waals surface area (Å²) in [4.78, 5) is 15.2. The van der Waals surface area contributed by atoms with Gasteiger partial charge in [0.05, 0.1) is 31.1 Å². The molecule has 5 rings (SSSR count). The molecule has 0 spiro atoms. The van der Waals surface area contributed by atoms with Crippen LogP contribution in [-0.2, 0) is 29.5 Å². The molecule has 0 bridgehead atoms. The van der Waals surface area contributed by atoms with Gasteiger partial charge in [0.1, 0.15) is 11.5 Å². The molecule has 0 radical (unpaired) electrons. The first-order chi connectivity index (χ1) is 15.0. The van der Waals surface area contributed by atoms with Gasteiger partial charge in [-0.05, 0) is 18.6 Å². The van der Waals surface area contributed by atoms with E-state index in [1.165, 1.54) is 10.9 Å². The Morgan fingerprint density at radius 1 is 1.32 bits per heavy atom. The van der Waals surface area contributed by atoms with Gasteiger partial charge in [0.25, 0.3) is 0 Å². The van der Waals surface area contributed by atoms with Crippen LogP contribution in [-0.4, -0.2) is 55.3 Å². The molecule has 0 aliphatic carbocycles. The van der Waals surface area contributed by atoms with E-state index in [-0.39, 0.29) is 11.9 Å². The van der Waals surface area contributed by atoms with Crippen molar-refractivity contribution in [2.24, 2.45) is 7.05 Å². The Balaban J connectivity index is 1.48. The predicted molar refractivity (Wildman–Crippen MR) is 111 cm³/mol. The molecule has 1 saturated heterocycles. The number of rotatable bonds is 4. The third-order valence-corrected chi connectivity index (χ3v) is 5.90. The minimum atomic E-state index is -0.408. The molecule has 1 aromatic carbocycles. The third-order valence-electron chi connectivity index (χ3n) is 5.90. The van der Waals surface area contributed by atoms with Gasteiger partial charge in [0.15, 0.2) is 5.82 Å². The lowest BCUT2D eigenvalue weighted by Crippen LogP contribution is -2.35. The molecule has 4 heterocycles. The number of aryl methyl sites for hydroxylation is 1. The fourth-order valence-corrected chi connectivity index (χ4v) is 4.21. The number of nitrogens with one attached hydrogen (secondary N) is 1. The molecule has 0 saturated carbocycles. The van der Waals surface area contributed by atoms with E-state index >= 15 is 0 Å². The highest BCUT2D eigenvalue weighted by Crippen LogP contribution is 2.33. The van der Waals surface area contributed by atoms with Crippen molar-refractivity contribution in [3.63, 3.8) is 0 Å². The molecule has 1 unspecified atom stereocenters. The number of hydrogen-bond donors (Lipinski definition) is 1. The van der Waals surface area contributed by atoms with Gasteiger partial charge < -0.3 is 15.0 Å². The average Bonchev–Trinajstić information content (AvgIpc) is 3.49. The minimum Gasteiger partial charge on any atom is -0.379 e. The third kappa shape index (κ3) is 3.67. The summed E-state index contributed by atoms with van der Waals surface area (Å²) in [5, 5.41) is 16.2. The van der Waals surface area contributed by atoms with Gasteiger partial charge in [0, 0.05) is 50.4 Å². The number of aromatic nitrogens is 5. The van der Waals surface area contributed by atoms with E-state index in [1.54, 1.807) is 37.2 Å². The maximum atomic E-state index is 14.9. The Morgan fingerprint density at radius 2 is 2.19 bits per heavy atom. The number of ether oxygens (including phenoxy) is 1. The molecule has 1 fully saturated rings. The van der Waals surface area contributed by atoms with Crippen molar-refractivity contribution >= 4 is 17.4 Å². The number of halogens is 1. The largest absolute Gasteiger partial charge is 0.379 e. The number of amides is 1. The number of anilines is 2. The van der Waals surface area contributed by atoms with Gasteiger partial charge in [-0.15, -0.1) is 0 Å². The van der Waals surface area contributed by atoms with Crippen LogP contribution >= 0.6 is 0 Å². The fourth-order valence-electron chi connectivity index (χ4n) is 4.21. The maximum Gasteiger partial charge on any atom is 0.219 e. The second-order valence-electron chi connectivity index (χ2n) is 7.97. The molecular formula is C21H24FN7O2. The highest BCUT2D eigenvalue weighted by Gasteiger charge is 2.30. The molecule has 2 aliphatic heterocycles. The minimum absolute atomic E-state index is 0.0213. The second-order valence-corrected chi connectivity index (χ2v) is 7.97. The highest BCUT2D eigenvalue weighted by atomic mass is 19.1. The first-order valence-corrected chi connectivity index (χ1v) is 10.4. The predicted octanol–water partition coefficient (Wildman–Crippen LogP) is 2.43. The molecular weight excluding hydrogens is 401 g/mol. The van der Waals surface area contributed by atoms with E-state index in [0.29, 0.717) is 55.5 Å². The van der Waals surface area contributed by atoms with E-state index in [1.807, 2.05) is 4.68 Å². The molecule has 1 atom stereocenters. The molecule has 9 nitrogen and oxygen atoms in total. The van der Waals surface area contributed by atoms with E-state index in [9.17, 15) is 9.18 Å². The molecule has 162 valence electrons. The van der Waals surface area contributed by atoms with Crippen molar-refractivity contribution in [3.05, 3.63) is 41.5 Å². The van der Waals surface area contributed by atoms with E-state index in [0.717, 1.165) is 17.7 Å². The normalized spacial score (nSPS) is 18.3. The quantitative estimate of drug-likeness (QED) is 0.691. The van der Waals surface area contributed by atoms with Crippen molar-refractivity contribution in [1.29, 1.82) is 0 Å². The van der Waals surface area contributed by atoms with Gasteiger partial charge in [-0.1, -0.05) is 6.07 Å². The van der Waals surface area contributed by atoms with Crippen molar-refractivity contribution in [1.82, 2.24) is 29.7 Å². The SMILES string of the molecule is CC(=O)N1CCc2c(c(Nc3ccc(-c4cnn(C)n4)cc3F)nn2C2CCOC2)C1. The Bertz CT molecular complexity index is 1130. The molecule has 2 aliphatic rings. The zero-order valence-corrected chi connectivity index (χ0v) is 17.5. The van der Waals surface area contributed by atoms with Crippen LogP contribution in [0.15, 0.2) is 24.4 Å². The molecule has 1 N–H and O–H groups in total. The van der Waals surface area contributed by atoms with Crippen LogP contribution < -0.4 is 5.32 Å². The summed E-state index contributed by atoms with van der Waals surface area (Å²) in [6.07, 6.45) is 3.21. The number of hydrogen-bond acceptors (Lipinski definition) is 6. The zero-order chi connectivity index (χ0) is 21.5. The second kappa shape index (κ2) is 7.77. The average molecular weight is 425 g/mol. The van der Waals surface area contributed by atoms with Crippen molar-refractivity contribution in [2.75, 3.05) is 25.1 Å². The number of benzene rings is 1. The lowest BCUT2D eigenvalue weighted by Gasteiger charge is -2.27. The summed E-state index contributed by atoms with van der Waals surface area (Å²) in [6, 6.07) is 5.07. The Hall–Kier alpha value is -3.27. The van der Waals surface area contributed by atoms with Crippen LogP contribution in [0.25, 0.3) is 11.3 Å². The zero-order valence-electron chi connectivity index (χ0n) is 17.5. The summed E-state index contributed by atoms with van der Waals surface area (Å²) in [5.41, 5.74) is 3.60. The standard InChI is InChI=1S/C21H24FN7O2/c1-13(30)28-7-5-20-16(11-28)21(26-29(20)15-6-8-31-12-15)24-18-4-3-14(9-17(18)22)19-10-23-27(2)25-19/h3-4,9-10,15H,5-8,11-12H2,1-2H3,(H,24,26). The summed E-state index contributed by atoms with van der Waals surface area (Å²) in [5.74, 6) is 0.196. The molecule has 1 amide bonds. The summed E-state index contributed by atoms with van der Waals surface area (Å²) in [7, 11) is 1.72. The number of carbonyl (C=O) groups excluding carboxylic acids is 1. The summed E-state index contributed by atoms with van der Waals surface area (Å²) in [6.45, 7) is 4.01. The summed E-state index contributed by atoms with van der Waals surface area (Å²) < 4.78 is 22.5. The first-order valence-electron chi connectivity index (χ1n) is 10.4. The fraction of sp³-hybridized carbons (Fsp3) is 0.429. The molecule has 10 heteroatoms. The van der Waals surface area contributed by atoms with Crippen molar-refractivity contribution < 1.29 is 13.9 Å². The first kappa shape index (κ1) is 19.7. The molecule has 2 aromatic heterocycles. The van der Waals surface area contributed by atoms with Crippen LogP contribution in [0.2, 0.25) is 0 Å². The Labute approximate surface area is 178 Å². The molecule has 31 heavy (non-hydrogen) atoms. The van der Waals surface area contributed by atoms with Crippen LogP contribution in [0, 0.1) is 5.82 Å². The number of fused-ring (bicyclic) bond motifs is 1. The van der Waals surface area contributed by atoms with Gasteiger partial charge in [-0.3, -0.25) is 9.48 Å². The Kier molecular flexibility index (Phi) is 4.93. The molecule has 3 aromatic rings. The lowest BCUT2D eigenvalue weighted by atomic mass is 10.1. The van der Waals surface area contributed by atoms with E-state index in [2.05, 4.69) is 15.5 Å². The van der Waals surface area contributed by atoms with Crippen LogP contribution in [0.5, 0.6) is 0 Å². The van der Waals surface area contributed by atoms with Gasteiger partial charge >= 0.3 is 0 Å².